The molecule has 1 aliphatic rings. The van der Waals surface area contributed by atoms with E-state index in [2.05, 4.69) is 29.1 Å². The Morgan fingerprint density at radius 3 is 2.36 bits per heavy atom. The summed E-state index contributed by atoms with van der Waals surface area (Å²) < 4.78 is 33.2. The minimum absolute atomic E-state index is 0.200. The largest absolute Gasteiger partial charge is 0.305 e. The molecule has 0 aliphatic carbocycles. The van der Waals surface area contributed by atoms with Gasteiger partial charge in [0.1, 0.15) is 10.4 Å². The lowest BCUT2D eigenvalue weighted by Crippen LogP contribution is -2.37. The molecular formula is C17H26N4O3S. The van der Waals surface area contributed by atoms with E-state index in [1.807, 2.05) is 27.1 Å². The first kappa shape index (κ1) is 18.3. The smallest absolute Gasteiger partial charge is 0.245 e. The summed E-state index contributed by atoms with van der Waals surface area (Å²) in [7, 11) is 0.343. The van der Waals surface area contributed by atoms with Gasteiger partial charge in [-0.1, -0.05) is 19.9 Å². The standard InChI is InChI=1S/C17H26N4O3S/c1-10(2)13-8-21(9-14(13)20(5)6)25(22,23)17-12(4)7-11(3)15-16(17)19-24-18-15/h7,10,13-14H,8-9H2,1-6H3/t13-,14+/m0/s1. The van der Waals surface area contributed by atoms with Crippen LogP contribution in [0.2, 0.25) is 0 Å². The summed E-state index contributed by atoms with van der Waals surface area (Å²) in [5, 5.41) is 7.75. The number of nitrogens with zero attached hydrogens (tertiary/aromatic N) is 4. The van der Waals surface area contributed by atoms with Gasteiger partial charge in [-0.3, -0.25) is 0 Å². The SMILES string of the molecule is Cc1cc(C)c2nonc2c1S(=O)(=O)N1C[C@@H](N(C)C)[C@H](C(C)C)C1. The van der Waals surface area contributed by atoms with Crippen molar-refractivity contribution in [3.8, 4) is 0 Å². The van der Waals surface area contributed by atoms with Crippen molar-refractivity contribution < 1.29 is 13.0 Å². The van der Waals surface area contributed by atoms with Crippen molar-refractivity contribution in [3.05, 3.63) is 17.2 Å². The van der Waals surface area contributed by atoms with Crippen LogP contribution in [0.4, 0.5) is 0 Å². The lowest BCUT2D eigenvalue weighted by atomic mass is 9.91. The quantitative estimate of drug-likeness (QED) is 0.824. The minimum atomic E-state index is -3.67. The Labute approximate surface area is 149 Å². The van der Waals surface area contributed by atoms with E-state index in [0.29, 0.717) is 41.5 Å². The summed E-state index contributed by atoms with van der Waals surface area (Å²) in [6.45, 7) is 8.97. The van der Waals surface area contributed by atoms with Gasteiger partial charge >= 0.3 is 0 Å². The number of fused-ring (bicyclic) bond motifs is 1. The van der Waals surface area contributed by atoms with Crippen LogP contribution >= 0.6 is 0 Å². The summed E-state index contributed by atoms with van der Waals surface area (Å²) in [6, 6.07) is 2.03. The van der Waals surface area contributed by atoms with Crippen LogP contribution in [0.3, 0.4) is 0 Å². The summed E-state index contributed by atoms with van der Waals surface area (Å²) in [6.07, 6.45) is 0. The molecule has 0 saturated carbocycles. The molecule has 25 heavy (non-hydrogen) atoms. The van der Waals surface area contributed by atoms with Gasteiger partial charge in [0.25, 0.3) is 0 Å². The van der Waals surface area contributed by atoms with E-state index in [1.54, 1.807) is 11.2 Å². The molecule has 7 nitrogen and oxygen atoms in total. The van der Waals surface area contributed by atoms with Crippen molar-refractivity contribution in [2.45, 2.75) is 38.6 Å². The Kier molecular flexibility index (Phi) is 4.63. The average molecular weight is 366 g/mol. The number of sulfonamides is 1. The highest BCUT2D eigenvalue weighted by molar-refractivity contribution is 7.89. The minimum Gasteiger partial charge on any atom is -0.305 e. The molecule has 2 aromatic rings. The second-order valence-electron chi connectivity index (χ2n) is 7.56. The first-order chi connectivity index (χ1) is 11.6. The van der Waals surface area contributed by atoms with Crippen molar-refractivity contribution in [1.82, 2.24) is 19.5 Å². The first-order valence-electron chi connectivity index (χ1n) is 8.53. The van der Waals surface area contributed by atoms with E-state index in [4.69, 9.17) is 4.63 Å². The number of aryl methyl sites for hydroxylation is 2. The number of hydrogen-bond donors (Lipinski definition) is 0. The van der Waals surface area contributed by atoms with Gasteiger partial charge in [0, 0.05) is 19.1 Å². The van der Waals surface area contributed by atoms with Crippen molar-refractivity contribution in [1.29, 1.82) is 0 Å². The van der Waals surface area contributed by atoms with Gasteiger partial charge in [-0.15, -0.1) is 0 Å². The van der Waals surface area contributed by atoms with Crippen molar-refractivity contribution >= 4 is 21.1 Å². The highest BCUT2D eigenvalue weighted by Gasteiger charge is 2.42. The normalized spacial score (nSPS) is 22.6. The molecule has 138 valence electrons. The van der Waals surface area contributed by atoms with Gasteiger partial charge in [0.2, 0.25) is 10.0 Å². The van der Waals surface area contributed by atoms with Gasteiger partial charge < -0.3 is 4.90 Å². The number of rotatable bonds is 4. The number of likely N-dealkylation sites (N-methyl/N-ethyl adjacent to an activating group) is 1. The summed E-state index contributed by atoms with van der Waals surface area (Å²) in [5.74, 6) is 0.696. The molecule has 1 aromatic carbocycles. The maximum Gasteiger partial charge on any atom is 0.245 e. The van der Waals surface area contributed by atoms with Crippen molar-refractivity contribution in [2.75, 3.05) is 27.2 Å². The topological polar surface area (TPSA) is 79.5 Å². The molecule has 2 atom stereocenters. The maximum atomic E-state index is 13.4. The maximum absolute atomic E-state index is 13.4. The second kappa shape index (κ2) is 6.34. The molecule has 2 heterocycles. The predicted octanol–water partition coefficient (Wildman–Crippen LogP) is 2.05. The van der Waals surface area contributed by atoms with Gasteiger partial charge in [0.05, 0.1) is 0 Å². The Morgan fingerprint density at radius 2 is 1.80 bits per heavy atom. The third-order valence-electron chi connectivity index (χ3n) is 5.29. The summed E-state index contributed by atoms with van der Waals surface area (Å²) in [4.78, 5) is 2.34. The molecule has 0 unspecified atom stereocenters. The van der Waals surface area contributed by atoms with Crippen LogP contribution in [0.5, 0.6) is 0 Å². The third kappa shape index (κ3) is 2.96. The molecule has 1 aliphatic heterocycles. The Hall–Kier alpha value is -1.51. The van der Waals surface area contributed by atoms with E-state index in [1.165, 1.54) is 0 Å². The highest BCUT2D eigenvalue weighted by Crippen LogP contribution is 2.35. The molecule has 1 fully saturated rings. The fourth-order valence-electron chi connectivity index (χ4n) is 3.87. The molecule has 1 aromatic heterocycles. The lowest BCUT2D eigenvalue weighted by molar-refractivity contribution is 0.216. The highest BCUT2D eigenvalue weighted by atomic mass is 32.2. The molecule has 0 radical (unpaired) electrons. The molecule has 8 heteroatoms. The van der Waals surface area contributed by atoms with E-state index < -0.39 is 10.0 Å². The van der Waals surface area contributed by atoms with Crippen LogP contribution in [-0.4, -0.2) is 61.2 Å². The van der Waals surface area contributed by atoms with Crippen LogP contribution in [0.25, 0.3) is 11.0 Å². The van der Waals surface area contributed by atoms with Gasteiger partial charge in [-0.05, 0) is 61.2 Å². The van der Waals surface area contributed by atoms with Crippen LogP contribution < -0.4 is 0 Å². The summed E-state index contributed by atoms with van der Waals surface area (Å²) >= 11 is 0. The zero-order valence-corrected chi connectivity index (χ0v) is 16.5. The molecule has 1 saturated heterocycles. The van der Waals surface area contributed by atoms with Crippen LogP contribution in [-0.2, 0) is 10.0 Å². The van der Waals surface area contributed by atoms with Crippen molar-refractivity contribution in [3.63, 3.8) is 0 Å². The summed E-state index contributed by atoms with van der Waals surface area (Å²) in [5.41, 5.74) is 2.37. The molecular weight excluding hydrogens is 340 g/mol. The van der Waals surface area contributed by atoms with Gasteiger partial charge in [0.15, 0.2) is 5.52 Å². The first-order valence-corrected chi connectivity index (χ1v) is 9.97. The van der Waals surface area contributed by atoms with E-state index in [0.717, 1.165) is 5.56 Å². The van der Waals surface area contributed by atoms with Crippen LogP contribution in [0.1, 0.15) is 25.0 Å². The fraction of sp³-hybridized carbons (Fsp3) is 0.647. The fourth-order valence-corrected chi connectivity index (χ4v) is 5.69. The predicted molar refractivity (Wildman–Crippen MR) is 95.8 cm³/mol. The lowest BCUT2D eigenvalue weighted by Gasteiger charge is -2.27. The number of aromatic nitrogens is 2. The zero-order valence-electron chi connectivity index (χ0n) is 15.6. The average Bonchev–Trinajstić information content (AvgIpc) is 3.13. The Bertz CT molecular complexity index is 873. The van der Waals surface area contributed by atoms with Gasteiger partial charge in [-0.25, -0.2) is 13.0 Å². The molecule has 0 spiro atoms. The van der Waals surface area contributed by atoms with E-state index >= 15 is 0 Å². The number of hydrogen-bond acceptors (Lipinski definition) is 6. The monoisotopic (exact) mass is 366 g/mol. The van der Waals surface area contributed by atoms with E-state index in [9.17, 15) is 8.42 Å². The van der Waals surface area contributed by atoms with E-state index in [-0.39, 0.29) is 10.9 Å². The van der Waals surface area contributed by atoms with Crippen molar-refractivity contribution in [2.24, 2.45) is 11.8 Å². The Morgan fingerprint density at radius 1 is 1.16 bits per heavy atom. The number of benzene rings is 1. The molecule has 0 amide bonds. The molecule has 0 bridgehead atoms. The third-order valence-corrected chi connectivity index (χ3v) is 7.29. The molecule has 3 rings (SSSR count). The van der Waals surface area contributed by atoms with Crippen LogP contribution in [0.15, 0.2) is 15.6 Å². The molecule has 0 N–H and O–H groups in total. The van der Waals surface area contributed by atoms with Gasteiger partial charge in [-0.2, -0.15) is 4.31 Å². The zero-order chi connectivity index (χ0) is 18.5. The van der Waals surface area contributed by atoms with Crippen LogP contribution in [0, 0.1) is 25.7 Å². The second-order valence-corrected chi connectivity index (χ2v) is 9.44. The Balaban J connectivity index is 2.08.